The van der Waals surface area contributed by atoms with Crippen molar-refractivity contribution in [3.8, 4) is 50.2 Å². The molecule has 0 radical (unpaired) electrons. The molecule has 0 saturated heterocycles. The summed E-state index contributed by atoms with van der Waals surface area (Å²) in [6, 6.07) is 87.9. The second-order valence-corrected chi connectivity index (χ2v) is 20.7. The third kappa shape index (κ3) is 6.91. The molecule has 4 fully saturated rings. The van der Waals surface area contributed by atoms with Gasteiger partial charge in [-0.2, -0.15) is 0 Å². The summed E-state index contributed by atoms with van der Waals surface area (Å²) >= 11 is 0. The lowest BCUT2D eigenvalue weighted by atomic mass is 9.48. The standard InChI is InChI=1S/C68H54N2/c1-2-13-51(14-3-1)60-22-11-15-53-16-12-23-61(67(53)60)52-31-37-57(38-32-52)69(56-35-29-50(30-36-56)49-27-33-55(34-28-49)68-43-46-39-47(44-68)41-48(40-46)45-68)58-18-10-17-54(42-58)59-19-4-7-24-64(59)70-65-25-8-5-20-62(65)63-21-6-9-26-66(63)70/h1-38,42,46-48H,39-41,43-45H2. The third-order valence-corrected chi connectivity index (χ3v) is 16.6. The molecule has 4 aliphatic rings. The molecule has 0 unspecified atom stereocenters. The van der Waals surface area contributed by atoms with Gasteiger partial charge in [0.25, 0.3) is 0 Å². The Kier molecular flexibility index (Phi) is 9.76. The average Bonchev–Trinajstić information content (AvgIpc) is 3.75. The van der Waals surface area contributed by atoms with Crippen LogP contribution >= 0.6 is 0 Å². The van der Waals surface area contributed by atoms with Gasteiger partial charge in [0.15, 0.2) is 0 Å². The molecule has 1 aromatic heterocycles. The fourth-order valence-corrected chi connectivity index (χ4v) is 13.9. The number of nitrogens with zero attached hydrogens (tertiary/aromatic N) is 2. The molecular formula is C68H54N2. The van der Waals surface area contributed by atoms with Crippen molar-refractivity contribution in [3.05, 3.63) is 242 Å². The maximum Gasteiger partial charge on any atom is 0.0541 e. The van der Waals surface area contributed by atoms with Crippen LogP contribution in [0.5, 0.6) is 0 Å². The second kappa shape index (κ2) is 16.6. The highest BCUT2D eigenvalue weighted by Crippen LogP contribution is 2.61. The van der Waals surface area contributed by atoms with Crippen LogP contribution in [0.4, 0.5) is 17.1 Å². The molecule has 2 heteroatoms. The zero-order chi connectivity index (χ0) is 46.2. The molecule has 15 rings (SSSR count). The molecule has 4 bridgehead atoms. The van der Waals surface area contributed by atoms with Gasteiger partial charge in [0.05, 0.1) is 16.7 Å². The highest BCUT2D eigenvalue weighted by Gasteiger charge is 2.51. The van der Waals surface area contributed by atoms with Gasteiger partial charge in [0.2, 0.25) is 0 Å². The van der Waals surface area contributed by atoms with E-state index >= 15 is 0 Å². The molecule has 0 N–H and O–H groups in total. The van der Waals surface area contributed by atoms with Crippen LogP contribution in [0, 0.1) is 17.8 Å². The zero-order valence-electron chi connectivity index (χ0n) is 39.4. The Bertz CT molecular complexity index is 3630. The minimum atomic E-state index is 0.406. The van der Waals surface area contributed by atoms with Crippen molar-refractivity contribution in [2.45, 2.75) is 43.9 Å². The lowest BCUT2D eigenvalue weighted by Gasteiger charge is -2.57. The van der Waals surface area contributed by atoms with E-state index in [0.29, 0.717) is 5.41 Å². The molecule has 70 heavy (non-hydrogen) atoms. The largest absolute Gasteiger partial charge is 0.310 e. The minimum Gasteiger partial charge on any atom is -0.310 e. The van der Waals surface area contributed by atoms with E-state index in [1.54, 1.807) is 5.56 Å². The maximum absolute atomic E-state index is 2.48. The van der Waals surface area contributed by atoms with Crippen molar-refractivity contribution in [2.75, 3.05) is 4.90 Å². The van der Waals surface area contributed by atoms with Crippen molar-refractivity contribution >= 4 is 49.6 Å². The number of hydrogen-bond acceptors (Lipinski definition) is 1. The Hall–Kier alpha value is -7.94. The summed E-state index contributed by atoms with van der Waals surface area (Å²) in [5.74, 6) is 2.83. The average molecular weight is 899 g/mol. The molecular weight excluding hydrogens is 845 g/mol. The predicted octanol–water partition coefficient (Wildman–Crippen LogP) is 18.5. The summed E-state index contributed by atoms with van der Waals surface area (Å²) < 4.78 is 2.44. The Balaban J connectivity index is 0.862. The van der Waals surface area contributed by atoms with Gasteiger partial charge in [-0.15, -0.1) is 0 Å². The Morgan fingerprint density at radius 1 is 0.357 bits per heavy atom. The number of rotatable bonds is 9. The summed E-state index contributed by atoms with van der Waals surface area (Å²) in [7, 11) is 0. The number of aromatic nitrogens is 1. The van der Waals surface area contributed by atoms with Crippen molar-refractivity contribution in [3.63, 3.8) is 0 Å². The van der Waals surface area contributed by atoms with Crippen LogP contribution in [0.15, 0.2) is 237 Å². The van der Waals surface area contributed by atoms with Gasteiger partial charge in [0.1, 0.15) is 0 Å². The topological polar surface area (TPSA) is 8.17 Å². The molecule has 4 aliphatic carbocycles. The van der Waals surface area contributed by atoms with Crippen molar-refractivity contribution in [1.29, 1.82) is 0 Å². The van der Waals surface area contributed by atoms with Crippen LogP contribution in [0.2, 0.25) is 0 Å². The predicted molar refractivity (Wildman–Crippen MR) is 295 cm³/mol. The van der Waals surface area contributed by atoms with E-state index in [9.17, 15) is 0 Å². The molecule has 0 spiro atoms. The Labute approximate surface area is 411 Å². The molecule has 0 amide bonds. The van der Waals surface area contributed by atoms with Gasteiger partial charge in [0, 0.05) is 33.4 Å². The summed E-state index contributed by atoms with van der Waals surface area (Å²) in [4.78, 5) is 2.43. The number of hydrogen-bond donors (Lipinski definition) is 0. The first-order chi connectivity index (χ1) is 34.6. The smallest absolute Gasteiger partial charge is 0.0541 e. The summed E-state index contributed by atoms with van der Waals surface area (Å²) in [5, 5.41) is 5.04. The maximum atomic E-state index is 2.48. The fourth-order valence-electron chi connectivity index (χ4n) is 13.9. The molecule has 11 aromatic rings. The molecule has 0 aliphatic heterocycles. The molecule has 1 heterocycles. The van der Waals surface area contributed by atoms with Gasteiger partial charge in [-0.05, 0) is 172 Å². The quantitative estimate of drug-likeness (QED) is 0.140. The highest BCUT2D eigenvalue weighted by atomic mass is 15.1. The fraction of sp³-hybridized carbons (Fsp3) is 0.147. The van der Waals surface area contributed by atoms with E-state index in [2.05, 4.69) is 246 Å². The Morgan fingerprint density at radius 2 is 0.829 bits per heavy atom. The summed E-state index contributed by atoms with van der Waals surface area (Å²) in [6.07, 6.45) is 8.62. The normalized spacial score (nSPS) is 19.3. The molecule has 4 saturated carbocycles. The van der Waals surface area contributed by atoms with Crippen LogP contribution < -0.4 is 4.90 Å². The van der Waals surface area contributed by atoms with Crippen LogP contribution in [-0.4, -0.2) is 4.57 Å². The monoisotopic (exact) mass is 898 g/mol. The zero-order valence-corrected chi connectivity index (χ0v) is 39.4. The van der Waals surface area contributed by atoms with E-state index in [-0.39, 0.29) is 0 Å². The van der Waals surface area contributed by atoms with Crippen LogP contribution in [-0.2, 0) is 5.41 Å². The number of fused-ring (bicyclic) bond motifs is 4. The lowest BCUT2D eigenvalue weighted by Crippen LogP contribution is -2.48. The molecule has 2 nitrogen and oxygen atoms in total. The SMILES string of the molecule is c1ccc(-c2cccc3cccc(-c4ccc(N(c5ccc(-c6ccc(C78CC9CC(CC(C9)C7)C8)cc6)cc5)c5cccc(-c6ccccc6-n6c7ccccc7c7ccccc76)c5)cc4)c23)cc1. The van der Waals surface area contributed by atoms with Gasteiger partial charge in [-0.25, -0.2) is 0 Å². The minimum absolute atomic E-state index is 0.406. The van der Waals surface area contributed by atoms with Crippen LogP contribution in [0.25, 0.3) is 82.8 Å². The van der Waals surface area contributed by atoms with E-state index < -0.39 is 0 Å². The third-order valence-electron chi connectivity index (χ3n) is 16.6. The van der Waals surface area contributed by atoms with Gasteiger partial charge >= 0.3 is 0 Å². The number of benzene rings is 10. The first-order valence-corrected chi connectivity index (χ1v) is 25.5. The van der Waals surface area contributed by atoms with Gasteiger partial charge < -0.3 is 9.47 Å². The van der Waals surface area contributed by atoms with E-state index in [4.69, 9.17) is 0 Å². The van der Waals surface area contributed by atoms with Crippen molar-refractivity contribution in [1.82, 2.24) is 4.57 Å². The summed E-state index contributed by atoms with van der Waals surface area (Å²) in [6.45, 7) is 0. The first-order valence-electron chi connectivity index (χ1n) is 25.5. The second-order valence-electron chi connectivity index (χ2n) is 20.7. The van der Waals surface area contributed by atoms with Gasteiger partial charge in [-0.3, -0.25) is 0 Å². The van der Waals surface area contributed by atoms with E-state index in [1.165, 1.54) is 110 Å². The highest BCUT2D eigenvalue weighted by molar-refractivity contribution is 6.10. The van der Waals surface area contributed by atoms with Crippen molar-refractivity contribution in [2.24, 2.45) is 17.8 Å². The first kappa shape index (κ1) is 41.1. The van der Waals surface area contributed by atoms with E-state index in [0.717, 1.165) is 46.1 Å². The lowest BCUT2D eigenvalue weighted by molar-refractivity contribution is -0.00518. The van der Waals surface area contributed by atoms with Crippen molar-refractivity contribution < 1.29 is 0 Å². The molecule has 336 valence electrons. The summed E-state index contributed by atoms with van der Waals surface area (Å²) in [5.41, 5.74) is 18.7. The van der Waals surface area contributed by atoms with Crippen LogP contribution in [0.3, 0.4) is 0 Å². The molecule has 10 aromatic carbocycles. The van der Waals surface area contributed by atoms with Gasteiger partial charge in [-0.1, -0.05) is 182 Å². The number of para-hydroxylation sites is 3. The Morgan fingerprint density at radius 3 is 1.44 bits per heavy atom. The number of anilines is 3. The van der Waals surface area contributed by atoms with E-state index in [1.807, 2.05) is 0 Å². The van der Waals surface area contributed by atoms with Crippen LogP contribution in [0.1, 0.15) is 44.1 Å². The molecule has 0 atom stereocenters.